The third-order valence-electron chi connectivity index (χ3n) is 3.21. The fourth-order valence-corrected chi connectivity index (χ4v) is 2.30. The summed E-state index contributed by atoms with van der Waals surface area (Å²) in [6.07, 6.45) is 0. The van der Waals surface area contributed by atoms with E-state index in [1.54, 1.807) is 12.1 Å². The molecule has 0 aliphatic heterocycles. The fraction of sp³-hybridized carbons (Fsp3) is 0.188. The summed E-state index contributed by atoms with van der Waals surface area (Å²) in [7, 11) is 1.85. The van der Waals surface area contributed by atoms with E-state index in [1.807, 2.05) is 37.9 Å². The monoisotopic (exact) mass is 270 g/mol. The molecular weight excluding hydrogens is 252 g/mol. The Morgan fingerprint density at radius 3 is 2.25 bits per heavy atom. The zero-order valence-corrected chi connectivity index (χ0v) is 11.8. The van der Waals surface area contributed by atoms with Gasteiger partial charge in [-0.3, -0.25) is 0 Å². The van der Waals surface area contributed by atoms with Crippen molar-refractivity contribution in [3.63, 3.8) is 0 Å². The molecule has 0 atom stereocenters. The van der Waals surface area contributed by atoms with Gasteiger partial charge in [-0.25, -0.2) is 4.79 Å². The summed E-state index contributed by atoms with van der Waals surface area (Å²) in [6, 6.07) is 11.1. The lowest BCUT2D eigenvalue weighted by atomic mass is 10.1. The molecule has 0 saturated heterocycles. The largest absolute Gasteiger partial charge is 0.478 e. The molecule has 0 heterocycles. The molecule has 0 unspecified atom stereocenters. The second-order valence-corrected chi connectivity index (χ2v) is 4.99. The summed E-state index contributed by atoms with van der Waals surface area (Å²) in [5, 5.41) is 9.31. The van der Waals surface area contributed by atoms with Crippen LogP contribution in [0.2, 0.25) is 0 Å². The summed E-state index contributed by atoms with van der Waals surface area (Å²) >= 11 is 0. The molecule has 2 rings (SSSR count). The third-order valence-corrected chi connectivity index (χ3v) is 3.21. The summed E-state index contributed by atoms with van der Waals surface area (Å²) in [6.45, 7) is 4.04. The van der Waals surface area contributed by atoms with Crippen molar-refractivity contribution in [2.24, 2.45) is 0 Å². The fourth-order valence-electron chi connectivity index (χ4n) is 2.30. The lowest BCUT2D eigenvalue weighted by Crippen LogP contribution is -2.14. The molecule has 104 valence electrons. The van der Waals surface area contributed by atoms with Crippen molar-refractivity contribution in [3.05, 3.63) is 53.1 Å². The number of nitrogens with two attached hydrogens (primary N) is 1. The van der Waals surface area contributed by atoms with Crippen LogP contribution in [0.15, 0.2) is 36.4 Å². The van der Waals surface area contributed by atoms with Crippen molar-refractivity contribution in [1.29, 1.82) is 0 Å². The molecule has 0 aliphatic carbocycles. The number of carbonyl (C=O) groups is 1. The van der Waals surface area contributed by atoms with E-state index in [9.17, 15) is 9.90 Å². The van der Waals surface area contributed by atoms with Gasteiger partial charge in [0.15, 0.2) is 0 Å². The maximum Gasteiger partial charge on any atom is 0.337 e. The van der Waals surface area contributed by atoms with Crippen LogP contribution in [-0.2, 0) is 0 Å². The number of hydrogen-bond donors (Lipinski definition) is 2. The van der Waals surface area contributed by atoms with Crippen LogP contribution in [0.25, 0.3) is 0 Å². The van der Waals surface area contributed by atoms with E-state index < -0.39 is 5.97 Å². The molecule has 2 aromatic carbocycles. The Morgan fingerprint density at radius 1 is 1.10 bits per heavy atom. The minimum Gasteiger partial charge on any atom is -0.478 e. The summed E-state index contributed by atoms with van der Waals surface area (Å²) < 4.78 is 0. The molecule has 4 nitrogen and oxygen atoms in total. The normalized spacial score (nSPS) is 10.3. The average molecular weight is 270 g/mol. The summed E-state index contributed by atoms with van der Waals surface area (Å²) in [4.78, 5) is 13.2. The standard InChI is InChI=1S/C16H18N2O2/c1-10-6-11(2)8-13(7-10)18(3)15-5-4-12(17)9-14(15)16(19)20/h4-9H,17H2,1-3H3,(H,19,20). The first kappa shape index (κ1) is 13.9. The second kappa shape index (κ2) is 5.25. The number of hydrogen-bond acceptors (Lipinski definition) is 3. The van der Waals surface area contributed by atoms with Gasteiger partial charge in [-0.2, -0.15) is 0 Å². The van der Waals surface area contributed by atoms with Crippen LogP contribution in [0, 0.1) is 13.8 Å². The van der Waals surface area contributed by atoms with Crippen molar-refractivity contribution in [1.82, 2.24) is 0 Å². The Hall–Kier alpha value is -2.49. The Kier molecular flexibility index (Phi) is 3.66. The van der Waals surface area contributed by atoms with Crippen molar-refractivity contribution in [2.45, 2.75) is 13.8 Å². The highest BCUT2D eigenvalue weighted by Gasteiger charge is 2.15. The Bertz CT molecular complexity index is 645. The molecule has 0 bridgehead atoms. The number of carboxylic acid groups (broad SMARTS) is 1. The zero-order valence-electron chi connectivity index (χ0n) is 11.8. The second-order valence-electron chi connectivity index (χ2n) is 4.99. The first-order chi connectivity index (χ1) is 9.38. The number of aromatic carboxylic acids is 1. The van der Waals surface area contributed by atoms with E-state index in [4.69, 9.17) is 5.73 Å². The number of rotatable bonds is 3. The van der Waals surface area contributed by atoms with E-state index in [1.165, 1.54) is 6.07 Å². The van der Waals surface area contributed by atoms with Crippen LogP contribution in [0.3, 0.4) is 0 Å². The van der Waals surface area contributed by atoms with Gasteiger partial charge in [-0.15, -0.1) is 0 Å². The highest BCUT2D eigenvalue weighted by molar-refractivity contribution is 5.96. The SMILES string of the molecule is Cc1cc(C)cc(N(C)c2ccc(N)cc2C(=O)O)c1. The quantitative estimate of drug-likeness (QED) is 0.839. The molecule has 4 heteroatoms. The van der Waals surface area contributed by atoms with E-state index in [-0.39, 0.29) is 5.56 Å². The zero-order chi connectivity index (χ0) is 14.9. The van der Waals surface area contributed by atoms with E-state index in [0.717, 1.165) is 16.8 Å². The number of nitrogens with zero attached hydrogens (tertiary/aromatic N) is 1. The van der Waals surface area contributed by atoms with Gasteiger partial charge in [-0.05, 0) is 55.3 Å². The maximum absolute atomic E-state index is 11.4. The first-order valence-corrected chi connectivity index (χ1v) is 6.33. The predicted octanol–water partition coefficient (Wildman–Crippen LogP) is 3.35. The number of carboxylic acids is 1. The third kappa shape index (κ3) is 2.74. The molecule has 3 N–H and O–H groups in total. The van der Waals surface area contributed by atoms with Gasteiger partial charge < -0.3 is 15.7 Å². The Morgan fingerprint density at radius 2 is 1.70 bits per heavy atom. The minimum atomic E-state index is -0.983. The number of anilines is 3. The highest BCUT2D eigenvalue weighted by Crippen LogP contribution is 2.29. The van der Waals surface area contributed by atoms with Crippen LogP contribution in [0.5, 0.6) is 0 Å². The average Bonchev–Trinajstić information content (AvgIpc) is 2.36. The van der Waals surface area contributed by atoms with Gasteiger partial charge in [0, 0.05) is 18.4 Å². The van der Waals surface area contributed by atoms with Gasteiger partial charge in [-0.1, -0.05) is 6.07 Å². The highest BCUT2D eigenvalue weighted by atomic mass is 16.4. The molecule has 20 heavy (non-hydrogen) atoms. The number of aryl methyl sites for hydroxylation is 2. The van der Waals surface area contributed by atoms with Gasteiger partial charge in [0.25, 0.3) is 0 Å². The molecule has 0 saturated carbocycles. The van der Waals surface area contributed by atoms with E-state index in [0.29, 0.717) is 11.4 Å². The molecule has 0 radical (unpaired) electrons. The molecule has 0 aromatic heterocycles. The van der Waals surface area contributed by atoms with Gasteiger partial charge in [0.1, 0.15) is 0 Å². The van der Waals surface area contributed by atoms with Crippen molar-refractivity contribution in [2.75, 3.05) is 17.7 Å². The predicted molar refractivity (Wildman–Crippen MR) is 81.8 cm³/mol. The first-order valence-electron chi connectivity index (χ1n) is 6.33. The lowest BCUT2D eigenvalue weighted by molar-refractivity contribution is 0.0697. The molecule has 2 aromatic rings. The van der Waals surface area contributed by atoms with Crippen LogP contribution in [0.1, 0.15) is 21.5 Å². The lowest BCUT2D eigenvalue weighted by Gasteiger charge is -2.22. The molecule has 0 fully saturated rings. The summed E-state index contributed by atoms with van der Waals surface area (Å²) in [5.74, 6) is -0.983. The van der Waals surface area contributed by atoms with Crippen LogP contribution >= 0.6 is 0 Å². The maximum atomic E-state index is 11.4. The van der Waals surface area contributed by atoms with Gasteiger partial charge in [0.05, 0.1) is 11.3 Å². The van der Waals surface area contributed by atoms with Crippen molar-refractivity contribution in [3.8, 4) is 0 Å². The van der Waals surface area contributed by atoms with E-state index >= 15 is 0 Å². The van der Waals surface area contributed by atoms with Crippen LogP contribution in [0.4, 0.5) is 17.1 Å². The Balaban J connectivity index is 2.52. The molecular formula is C16H18N2O2. The molecule has 0 spiro atoms. The van der Waals surface area contributed by atoms with Crippen LogP contribution in [-0.4, -0.2) is 18.1 Å². The van der Waals surface area contributed by atoms with Gasteiger partial charge >= 0.3 is 5.97 Å². The summed E-state index contributed by atoms with van der Waals surface area (Å²) in [5.41, 5.74) is 10.2. The number of benzene rings is 2. The smallest absolute Gasteiger partial charge is 0.337 e. The number of nitrogen functional groups attached to an aromatic ring is 1. The molecule has 0 aliphatic rings. The Labute approximate surface area is 118 Å². The minimum absolute atomic E-state index is 0.201. The van der Waals surface area contributed by atoms with Crippen molar-refractivity contribution < 1.29 is 9.90 Å². The topological polar surface area (TPSA) is 66.6 Å². The van der Waals surface area contributed by atoms with Crippen LogP contribution < -0.4 is 10.6 Å². The van der Waals surface area contributed by atoms with Gasteiger partial charge in [0.2, 0.25) is 0 Å². The van der Waals surface area contributed by atoms with E-state index in [2.05, 4.69) is 6.07 Å². The molecule has 0 amide bonds. The van der Waals surface area contributed by atoms with Crippen molar-refractivity contribution >= 4 is 23.0 Å².